The molecule has 0 aliphatic carbocycles. The Bertz CT molecular complexity index is 791. The van der Waals surface area contributed by atoms with Gasteiger partial charge in [0, 0.05) is 6.07 Å². The summed E-state index contributed by atoms with van der Waals surface area (Å²) in [5.41, 5.74) is 3.60. The van der Waals surface area contributed by atoms with Crippen LogP contribution in [0.2, 0.25) is 0 Å². The lowest BCUT2D eigenvalue weighted by Gasteiger charge is -2.02. The zero-order valence-corrected chi connectivity index (χ0v) is 12.7. The molecule has 0 atom stereocenters. The zero-order valence-electron chi connectivity index (χ0n) is 12.7. The first-order valence-electron chi connectivity index (χ1n) is 6.96. The number of carbonyl (C=O) groups excluding carboxylic acids is 2. The molecule has 0 spiro atoms. The van der Waals surface area contributed by atoms with E-state index >= 15 is 0 Å². The summed E-state index contributed by atoms with van der Waals surface area (Å²) in [5, 5.41) is 21.2. The highest BCUT2D eigenvalue weighted by molar-refractivity contribution is 6.46. The second-order valence-electron chi connectivity index (χ2n) is 4.39. The Morgan fingerprint density at radius 2 is 2.12 bits per heavy atom. The van der Waals surface area contributed by atoms with Gasteiger partial charge in [-0.15, -0.1) is 0 Å². The van der Waals surface area contributed by atoms with Gasteiger partial charge in [0.1, 0.15) is 6.07 Å². The maximum Gasteiger partial charge on any atom is 0.414 e. The van der Waals surface area contributed by atoms with Crippen LogP contribution in [0.5, 0.6) is 0 Å². The number of aromatic nitrogens is 2. The van der Waals surface area contributed by atoms with E-state index in [9.17, 15) is 9.59 Å². The van der Waals surface area contributed by atoms with E-state index in [1.54, 1.807) is 19.1 Å². The first-order chi connectivity index (χ1) is 11.6. The smallest absolute Gasteiger partial charge is 0.414 e. The predicted molar refractivity (Wildman–Crippen MR) is 85.9 cm³/mol. The molecule has 0 bridgehead atoms. The second kappa shape index (κ2) is 8.09. The van der Waals surface area contributed by atoms with E-state index < -0.39 is 17.7 Å². The summed E-state index contributed by atoms with van der Waals surface area (Å²) in [6.45, 7) is 1.69. The van der Waals surface area contributed by atoms with E-state index in [2.05, 4.69) is 25.5 Å². The van der Waals surface area contributed by atoms with Crippen LogP contribution in [0, 0.1) is 11.3 Å². The number of H-pyrrole nitrogens is 1. The van der Waals surface area contributed by atoms with Crippen LogP contribution in [0.15, 0.2) is 41.5 Å². The van der Waals surface area contributed by atoms with Gasteiger partial charge >= 0.3 is 6.09 Å². The average Bonchev–Trinajstić information content (AvgIpc) is 3.05. The maximum atomic E-state index is 11.7. The summed E-state index contributed by atoms with van der Waals surface area (Å²) in [5.74, 6) is -0.659. The van der Waals surface area contributed by atoms with E-state index in [1.165, 1.54) is 0 Å². The molecule has 2 rings (SSSR count). The standard InChI is InChI=1S/C15H14N6O3/c1-2-24-15(23)17-14(22)12(9-16)19-21-13-8-11(18-20-13)10-6-4-3-5-7-10/h3-8H,2H2,1H3,(H,17,22,23)(H2,18,20,21). The molecule has 0 fully saturated rings. The molecule has 1 heterocycles. The first kappa shape index (κ1) is 16.7. The van der Waals surface area contributed by atoms with Crippen molar-refractivity contribution in [2.45, 2.75) is 6.92 Å². The number of ether oxygens (including phenoxy) is 1. The molecule has 122 valence electrons. The topological polar surface area (TPSA) is 132 Å². The lowest BCUT2D eigenvalue weighted by atomic mass is 10.2. The summed E-state index contributed by atoms with van der Waals surface area (Å²) in [4.78, 5) is 22.8. The fourth-order valence-corrected chi connectivity index (χ4v) is 1.70. The monoisotopic (exact) mass is 326 g/mol. The van der Waals surface area contributed by atoms with Gasteiger partial charge < -0.3 is 4.74 Å². The van der Waals surface area contributed by atoms with Gasteiger partial charge in [-0.1, -0.05) is 30.3 Å². The molecule has 24 heavy (non-hydrogen) atoms. The van der Waals surface area contributed by atoms with Crippen molar-refractivity contribution in [1.29, 1.82) is 5.26 Å². The van der Waals surface area contributed by atoms with Gasteiger partial charge in [0.15, 0.2) is 5.82 Å². The molecule has 2 amide bonds. The number of carbonyl (C=O) groups is 2. The van der Waals surface area contributed by atoms with Crippen LogP contribution in [0.25, 0.3) is 11.3 Å². The third kappa shape index (κ3) is 4.41. The normalized spacial score (nSPS) is 10.6. The van der Waals surface area contributed by atoms with E-state index in [1.807, 2.05) is 35.6 Å². The van der Waals surface area contributed by atoms with Crippen LogP contribution >= 0.6 is 0 Å². The zero-order chi connectivity index (χ0) is 17.4. The number of hydrogen-bond acceptors (Lipinski definition) is 7. The molecule has 0 saturated heterocycles. The Balaban J connectivity index is 2.03. The minimum Gasteiger partial charge on any atom is -0.450 e. The van der Waals surface area contributed by atoms with Crippen LogP contribution in [0.3, 0.4) is 0 Å². The van der Waals surface area contributed by atoms with Crippen molar-refractivity contribution in [3.8, 4) is 17.3 Å². The predicted octanol–water partition coefficient (Wildman–Crippen LogP) is 1.64. The van der Waals surface area contributed by atoms with Crippen molar-refractivity contribution in [2.24, 2.45) is 5.10 Å². The van der Waals surface area contributed by atoms with Crippen LogP contribution in [-0.4, -0.2) is 34.5 Å². The summed E-state index contributed by atoms with van der Waals surface area (Å²) in [6, 6.07) is 12.7. The lowest BCUT2D eigenvalue weighted by Crippen LogP contribution is -2.36. The Kier molecular flexibility index (Phi) is 5.63. The third-order valence-electron chi connectivity index (χ3n) is 2.76. The summed E-state index contributed by atoms with van der Waals surface area (Å²) >= 11 is 0. The first-order valence-corrected chi connectivity index (χ1v) is 6.96. The van der Waals surface area contributed by atoms with Crippen molar-refractivity contribution in [2.75, 3.05) is 12.0 Å². The number of amides is 2. The van der Waals surface area contributed by atoms with Crippen molar-refractivity contribution < 1.29 is 14.3 Å². The van der Waals surface area contributed by atoms with Crippen LogP contribution in [0.4, 0.5) is 10.6 Å². The molecular weight excluding hydrogens is 312 g/mol. The fourth-order valence-electron chi connectivity index (χ4n) is 1.70. The highest BCUT2D eigenvalue weighted by Crippen LogP contribution is 2.18. The quantitative estimate of drug-likeness (QED) is 0.565. The van der Waals surface area contributed by atoms with E-state index in [4.69, 9.17) is 5.26 Å². The molecule has 1 aromatic heterocycles. The number of aromatic amines is 1. The molecule has 9 heteroatoms. The van der Waals surface area contributed by atoms with Gasteiger partial charge in [-0.25, -0.2) is 4.79 Å². The molecular formula is C15H14N6O3. The van der Waals surface area contributed by atoms with Crippen LogP contribution < -0.4 is 10.7 Å². The third-order valence-corrected chi connectivity index (χ3v) is 2.76. The largest absolute Gasteiger partial charge is 0.450 e. The molecule has 0 aliphatic rings. The number of rotatable bonds is 5. The SMILES string of the molecule is CCOC(=O)NC(=O)C(C#N)=NNc1cc(-c2ccccc2)[nH]n1. The van der Waals surface area contributed by atoms with Gasteiger partial charge in [0.25, 0.3) is 5.91 Å². The van der Waals surface area contributed by atoms with E-state index in [0.717, 1.165) is 11.3 Å². The Morgan fingerprint density at radius 3 is 2.79 bits per heavy atom. The average molecular weight is 326 g/mol. The van der Waals surface area contributed by atoms with Crippen molar-refractivity contribution in [3.05, 3.63) is 36.4 Å². The Morgan fingerprint density at radius 1 is 1.38 bits per heavy atom. The van der Waals surface area contributed by atoms with Gasteiger partial charge in [0.2, 0.25) is 5.71 Å². The summed E-state index contributed by atoms with van der Waals surface area (Å²) in [6.07, 6.45) is -0.948. The van der Waals surface area contributed by atoms with Crippen LogP contribution in [0.1, 0.15) is 6.92 Å². The second-order valence-corrected chi connectivity index (χ2v) is 4.39. The van der Waals surface area contributed by atoms with Gasteiger partial charge in [-0.2, -0.15) is 15.5 Å². The molecule has 0 radical (unpaired) electrons. The molecule has 1 aromatic carbocycles. The highest BCUT2D eigenvalue weighted by Gasteiger charge is 2.15. The van der Waals surface area contributed by atoms with Gasteiger partial charge in [-0.3, -0.25) is 20.6 Å². The Hall–Kier alpha value is -3.67. The van der Waals surface area contributed by atoms with E-state index in [-0.39, 0.29) is 6.61 Å². The summed E-state index contributed by atoms with van der Waals surface area (Å²) in [7, 11) is 0. The number of imide groups is 1. The van der Waals surface area contributed by atoms with Crippen molar-refractivity contribution >= 4 is 23.5 Å². The number of hydrogen-bond donors (Lipinski definition) is 3. The minimum absolute atomic E-state index is 0.103. The number of hydrazone groups is 1. The van der Waals surface area contributed by atoms with Crippen LogP contribution in [-0.2, 0) is 9.53 Å². The molecule has 2 aromatic rings. The number of nitrogens with zero attached hydrogens (tertiary/aromatic N) is 3. The van der Waals surface area contributed by atoms with Crippen molar-refractivity contribution in [3.63, 3.8) is 0 Å². The number of nitriles is 1. The molecule has 0 aliphatic heterocycles. The highest BCUT2D eigenvalue weighted by atomic mass is 16.5. The number of alkyl carbamates (subject to hydrolysis) is 1. The Labute approximate surface area is 137 Å². The van der Waals surface area contributed by atoms with Gasteiger partial charge in [-0.05, 0) is 12.5 Å². The number of nitrogens with one attached hydrogen (secondary N) is 3. The molecule has 3 N–H and O–H groups in total. The lowest BCUT2D eigenvalue weighted by molar-refractivity contribution is -0.114. The summed E-state index contributed by atoms with van der Waals surface area (Å²) < 4.78 is 4.55. The van der Waals surface area contributed by atoms with E-state index in [0.29, 0.717) is 5.82 Å². The molecule has 0 unspecified atom stereocenters. The molecule has 0 saturated carbocycles. The maximum absolute atomic E-state index is 11.7. The van der Waals surface area contributed by atoms with Gasteiger partial charge in [0.05, 0.1) is 12.3 Å². The minimum atomic E-state index is -0.970. The number of benzene rings is 1. The number of anilines is 1. The molecule has 9 nitrogen and oxygen atoms in total. The van der Waals surface area contributed by atoms with Crippen molar-refractivity contribution in [1.82, 2.24) is 15.5 Å². The fraction of sp³-hybridized carbons (Fsp3) is 0.133.